The highest BCUT2D eigenvalue weighted by Crippen LogP contribution is 2.35. The van der Waals surface area contributed by atoms with Gasteiger partial charge < -0.3 is 14.4 Å². The minimum Gasteiger partial charge on any atom is -0.497 e. The number of likely N-dealkylation sites (tertiary alicyclic amines) is 1. The number of piperidine rings is 1. The molecule has 1 saturated carbocycles. The van der Waals surface area contributed by atoms with E-state index in [1.165, 1.54) is 44.3 Å². The molecule has 0 spiro atoms. The van der Waals surface area contributed by atoms with Crippen LogP contribution in [-0.2, 0) is 6.54 Å². The van der Waals surface area contributed by atoms with Gasteiger partial charge in [0.1, 0.15) is 11.5 Å². The Bertz CT molecular complexity index is 502. The summed E-state index contributed by atoms with van der Waals surface area (Å²) < 4.78 is 10.9. The zero-order valence-corrected chi connectivity index (χ0v) is 14.0. The Morgan fingerprint density at radius 1 is 1.14 bits per heavy atom. The number of hydrogen-bond donors (Lipinski definition) is 0. The Kier molecular flexibility index (Phi) is 4.89. The summed E-state index contributed by atoms with van der Waals surface area (Å²) in [7, 11) is 5.68. The van der Waals surface area contributed by atoms with E-state index in [1.807, 2.05) is 12.1 Å². The summed E-state index contributed by atoms with van der Waals surface area (Å²) in [5, 5.41) is 0. The predicted molar refractivity (Wildman–Crippen MR) is 88.6 cm³/mol. The lowest BCUT2D eigenvalue weighted by Crippen LogP contribution is -2.47. The highest BCUT2D eigenvalue weighted by Gasteiger charge is 2.35. The second-order valence-electron chi connectivity index (χ2n) is 6.64. The fraction of sp³-hybridized carbons (Fsp3) is 0.667. The van der Waals surface area contributed by atoms with Crippen LogP contribution in [0.1, 0.15) is 31.2 Å². The number of benzene rings is 1. The molecule has 2 aliphatic rings. The molecule has 1 heterocycles. The van der Waals surface area contributed by atoms with Crippen LogP contribution in [0.3, 0.4) is 0 Å². The first-order valence-corrected chi connectivity index (χ1v) is 8.36. The zero-order valence-electron chi connectivity index (χ0n) is 14.0. The molecule has 4 nitrogen and oxygen atoms in total. The molecule has 1 saturated heterocycles. The monoisotopic (exact) mass is 304 g/mol. The number of ether oxygens (including phenoxy) is 2. The van der Waals surface area contributed by atoms with Crippen molar-refractivity contribution in [3.05, 3.63) is 23.8 Å². The van der Waals surface area contributed by atoms with Gasteiger partial charge in [-0.25, -0.2) is 0 Å². The molecule has 2 fully saturated rings. The van der Waals surface area contributed by atoms with E-state index in [2.05, 4.69) is 22.9 Å². The van der Waals surface area contributed by atoms with Gasteiger partial charge in [0, 0.05) is 36.8 Å². The Morgan fingerprint density at radius 2 is 1.95 bits per heavy atom. The van der Waals surface area contributed by atoms with Crippen LogP contribution in [0.4, 0.5) is 0 Å². The van der Waals surface area contributed by atoms with Crippen LogP contribution < -0.4 is 9.47 Å². The van der Waals surface area contributed by atoms with Crippen LogP contribution >= 0.6 is 0 Å². The molecule has 1 aliphatic heterocycles. The van der Waals surface area contributed by atoms with E-state index in [-0.39, 0.29) is 0 Å². The van der Waals surface area contributed by atoms with Crippen molar-refractivity contribution in [1.82, 2.24) is 9.80 Å². The maximum Gasteiger partial charge on any atom is 0.127 e. The Morgan fingerprint density at radius 3 is 2.59 bits per heavy atom. The summed E-state index contributed by atoms with van der Waals surface area (Å²) in [6.45, 7) is 3.41. The lowest BCUT2D eigenvalue weighted by atomic mass is 10.0. The van der Waals surface area contributed by atoms with E-state index < -0.39 is 0 Å². The summed E-state index contributed by atoms with van der Waals surface area (Å²) in [6, 6.07) is 7.63. The normalized spacial score (nSPS) is 22.8. The molecular formula is C18H28N2O2. The fourth-order valence-corrected chi connectivity index (χ4v) is 3.55. The van der Waals surface area contributed by atoms with Gasteiger partial charge in [0.15, 0.2) is 0 Å². The molecule has 0 aromatic heterocycles. The van der Waals surface area contributed by atoms with E-state index in [9.17, 15) is 0 Å². The van der Waals surface area contributed by atoms with Gasteiger partial charge in [-0.15, -0.1) is 0 Å². The maximum atomic E-state index is 5.58. The molecule has 1 unspecified atom stereocenters. The predicted octanol–water partition coefficient (Wildman–Crippen LogP) is 2.76. The van der Waals surface area contributed by atoms with E-state index in [0.717, 1.165) is 24.1 Å². The van der Waals surface area contributed by atoms with Crippen molar-refractivity contribution < 1.29 is 9.47 Å². The van der Waals surface area contributed by atoms with Gasteiger partial charge in [-0.05, 0) is 45.3 Å². The van der Waals surface area contributed by atoms with Gasteiger partial charge >= 0.3 is 0 Å². The van der Waals surface area contributed by atoms with Gasteiger partial charge in [-0.3, -0.25) is 4.90 Å². The third-order valence-electron chi connectivity index (χ3n) is 4.93. The first-order chi connectivity index (χ1) is 10.7. The second-order valence-corrected chi connectivity index (χ2v) is 6.64. The van der Waals surface area contributed by atoms with Crippen LogP contribution in [0.15, 0.2) is 18.2 Å². The molecule has 0 bridgehead atoms. The van der Waals surface area contributed by atoms with Crippen LogP contribution in [0.5, 0.6) is 11.5 Å². The Labute approximate surface area is 134 Å². The Balaban J connectivity index is 1.76. The van der Waals surface area contributed by atoms with Crippen LogP contribution in [0, 0.1) is 0 Å². The van der Waals surface area contributed by atoms with Gasteiger partial charge in [0.05, 0.1) is 14.2 Å². The molecule has 1 aromatic rings. The molecular weight excluding hydrogens is 276 g/mol. The van der Waals surface area contributed by atoms with E-state index in [4.69, 9.17) is 9.47 Å². The number of nitrogens with zero attached hydrogens (tertiary/aromatic N) is 2. The average molecular weight is 304 g/mol. The van der Waals surface area contributed by atoms with Crippen molar-refractivity contribution >= 4 is 0 Å². The van der Waals surface area contributed by atoms with E-state index >= 15 is 0 Å². The minimum absolute atomic E-state index is 0.679. The topological polar surface area (TPSA) is 24.9 Å². The molecule has 0 amide bonds. The van der Waals surface area contributed by atoms with E-state index in [1.54, 1.807) is 14.2 Å². The molecule has 22 heavy (non-hydrogen) atoms. The van der Waals surface area contributed by atoms with Crippen molar-refractivity contribution in [2.24, 2.45) is 0 Å². The summed E-state index contributed by atoms with van der Waals surface area (Å²) >= 11 is 0. The van der Waals surface area contributed by atoms with Crippen LogP contribution in [0.25, 0.3) is 0 Å². The van der Waals surface area contributed by atoms with Crippen LogP contribution in [-0.4, -0.2) is 56.2 Å². The molecule has 122 valence electrons. The van der Waals surface area contributed by atoms with Crippen molar-refractivity contribution in [3.8, 4) is 11.5 Å². The summed E-state index contributed by atoms with van der Waals surface area (Å²) in [5.74, 6) is 1.80. The molecule has 4 heteroatoms. The average Bonchev–Trinajstić information content (AvgIpc) is 3.37. The summed E-state index contributed by atoms with van der Waals surface area (Å²) in [4.78, 5) is 5.18. The van der Waals surface area contributed by atoms with Crippen molar-refractivity contribution in [1.29, 1.82) is 0 Å². The molecule has 1 atom stereocenters. The molecule has 0 radical (unpaired) electrons. The fourth-order valence-electron chi connectivity index (χ4n) is 3.55. The third kappa shape index (κ3) is 3.55. The molecule has 1 aliphatic carbocycles. The standard InChI is InChI=1S/C18H28N2O2/c1-19-10-4-5-16(13-19)20(15-7-8-15)12-14-6-9-17(21-2)11-18(14)22-3/h6,9,11,15-16H,4-5,7-8,10,12-13H2,1-3H3. The SMILES string of the molecule is COc1ccc(CN(C2CC2)C2CCCN(C)C2)c(OC)c1. The van der Waals surface area contributed by atoms with Crippen molar-refractivity contribution in [3.63, 3.8) is 0 Å². The molecule has 3 rings (SSSR count). The molecule has 1 aromatic carbocycles. The summed E-state index contributed by atoms with van der Waals surface area (Å²) in [6.07, 6.45) is 5.32. The molecule has 0 N–H and O–H groups in total. The lowest BCUT2D eigenvalue weighted by Gasteiger charge is -2.38. The van der Waals surface area contributed by atoms with Gasteiger partial charge in [0.25, 0.3) is 0 Å². The maximum absolute atomic E-state index is 5.58. The van der Waals surface area contributed by atoms with Gasteiger partial charge in [0.2, 0.25) is 0 Å². The van der Waals surface area contributed by atoms with Crippen molar-refractivity contribution in [2.45, 2.75) is 44.3 Å². The second kappa shape index (κ2) is 6.88. The Hall–Kier alpha value is -1.26. The number of hydrogen-bond acceptors (Lipinski definition) is 4. The number of rotatable bonds is 6. The quantitative estimate of drug-likeness (QED) is 0.807. The highest BCUT2D eigenvalue weighted by molar-refractivity contribution is 5.40. The van der Waals surface area contributed by atoms with Crippen LogP contribution in [0.2, 0.25) is 0 Å². The largest absolute Gasteiger partial charge is 0.497 e. The van der Waals surface area contributed by atoms with Gasteiger partial charge in [-0.2, -0.15) is 0 Å². The minimum atomic E-state index is 0.679. The highest BCUT2D eigenvalue weighted by atomic mass is 16.5. The number of likely N-dealkylation sites (N-methyl/N-ethyl adjacent to an activating group) is 1. The third-order valence-corrected chi connectivity index (χ3v) is 4.93. The lowest BCUT2D eigenvalue weighted by molar-refractivity contribution is 0.0980. The number of methoxy groups -OCH3 is 2. The van der Waals surface area contributed by atoms with Gasteiger partial charge in [-0.1, -0.05) is 6.07 Å². The summed E-state index contributed by atoms with van der Waals surface area (Å²) in [5.41, 5.74) is 1.27. The van der Waals surface area contributed by atoms with Crippen molar-refractivity contribution in [2.75, 3.05) is 34.4 Å². The van der Waals surface area contributed by atoms with E-state index in [0.29, 0.717) is 6.04 Å². The first kappa shape index (κ1) is 15.6. The smallest absolute Gasteiger partial charge is 0.127 e. The first-order valence-electron chi connectivity index (χ1n) is 8.36. The zero-order chi connectivity index (χ0) is 15.5.